The van der Waals surface area contributed by atoms with E-state index in [4.69, 9.17) is 4.74 Å². The SMILES string of the molecule is COC(=O)CCOc1c(Br)cc(Br)cc1Br. The second kappa shape index (κ2) is 6.61. The number of carbonyl (C=O) groups is 1. The van der Waals surface area contributed by atoms with Crippen molar-refractivity contribution in [3.63, 3.8) is 0 Å². The number of ether oxygens (including phenoxy) is 2. The Morgan fingerprint density at radius 2 is 1.81 bits per heavy atom. The molecule has 1 aromatic carbocycles. The van der Waals surface area contributed by atoms with E-state index in [0.717, 1.165) is 13.4 Å². The second-order valence-corrected chi connectivity index (χ2v) is 5.50. The molecule has 0 aliphatic carbocycles. The van der Waals surface area contributed by atoms with Crippen LogP contribution in [-0.2, 0) is 9.53 Å². The van der Waals surface area contributed by atoms with Crippen LogP contribution >= 0.6 is 47.8 Å². The highest BCUT2D eigenvalue weighted by Crippen LogP contribution is 2.36. The molecule has 0 bridgehead atoms. The molecule has 0 radical (unpaired) electrons. The number of carbonyl (C=O) groups excluding carboxylic acids is 1. The fraction of sp³-hybridized carbons (Fsp3) is 0.300. The molecule has 0 aliphatic heterocycles. The Bertz CT molecular complexity index is 370. The zero-order valence-electron chi connectivity index (χ0n) is 8.43. The summed E-state index contributed by atoms with van der Waals surface area (Å²) in [6.07, 6.45) is 0.228. The molecule has 6 heteroatoms. The third-order valence-electron chi connectivity index (χ3n) is 1.74. The van der Waals surface area contributed by atoms with E-state index in [0.29, 0.717) is 5.75 Å². The lowest BCUT2D eigenvalue weighted by Crippen LogP contribution is -2.08. The first-order valence-corrected chi connectivity index (χ1v) is 6.76. The summed E-state index contributed by atoms with van der Waals surface area (Å²) in [6, 6.07) is 3.75. The van der Waals surface area contributed by atoms with Gasteiger partial charge in [-0.25, -0.2) is 0 Å². The number of benzene rings is 1. The smallest absolute Gasteiger partial charge is 0.308 e. The molecule has 0 amide bonds. The van der Waals surface area contributed by atoms with Gasteiger partial charge in [-0.3, -0.25) is 4.79 Å². The van der Waals surface area contributed by atoms with Gasteiger partial charge in [0.2, 0.25) is 0 Å². The highest BCUT2D eigenvalue weighted by atomic mass is 79.9. The summed E-state index contributed by atoms with van der Waals surface area (Å²) in [6.45, 7) is 0.283. The van der Waals surface area contributed by atoms with E-state index < -0.39 is 0 Å². The monoisotopic (exact) mass is 414 g/mol. The highest BCUT2D eigenvalue weighted by Gasteiger charge is 2.09. The number of hydrogen-bond acceptors (Lipinski definition) is 3. The summed E-state index contributed by atoms with van der Waals surface area (Å²) in [4.78, 5) is 10.9. The molecule has 0 N–H and O–H groups in total. The molecule has 0 heterocycles. The molecule has 0 spiro atoms. The Kier molecular flexibility index (Phi) is 5.78. The van der Waals surface area contributed by atoms with Gasteiger partial charge in [0.05, 0.1) is 29.1 Å². The van der Waals surface area contributed by atoms with Crippen LogP contribution in [0.2, 0.25) is 0 Å². The van der Waals surface area contributed by atoms with Crippen LogP contribution in [0.5, 0.6) is 5.75 Å². The van der Waals surface area contributed by atoms with Crippen molar-refractivity contribution in [2.75, 3.05) is 13.7 Å². The highest BCUT2D eigenvalue weighted by molar-refractivity contribution is 9.11. The van der Waals surface area contributed by atoms with E-state index in [1.807, 2.05) is 12.1 Å². The van der Waals surface area contributed by atoms with Gasteiger partial charge < -0.3 is 9.47 Å². The van der Waals surface area contributed by atoms with E-state index in [1.54, 1.807) is 0 Å². The molecular formula is C10H9Br3O3. The maximum absolute atomic E-state index is 10.9. The predicted molar refractivity (Wildman–Crippen MR) is 71.7 cm³/mol. The Hall–Kier alpha value is -0.0700. The molecule has 0 aliphatic rings. The molecule has 0 fully saturated rings. The van der Waals surface area contributed by atoms with Crippen LogP contribution in [0.1, 0.15) is 6.42 Å². The molecule has 0 atom stereocenters. The number of esters is 1. The van der Waals surface area contributed by atoms with Gasteiger partial charge >= 0.3 is 5.97 Å². The van der Waals surface area contributed by atoms with Gasteiger partial charge in [-0.1, -0.05) is 15.9 Å². The van der Waals surface area contributed by atoms with E-state index in [9.17, 15) is 4.79 Å². The van der Waals surface area contributed by atoms with E-state index in [-0.39, 0.29) is 19.0 Å². The maximum atomic E-state index is 10.9. The quantitative estimate of drug-likeness (QED) is 0.698. The van der Waals surface area contributed by atoms with Crippen LogP contribution < -0.4 is 4.74 Å². The zero-order chi connectivity index (χ0) is 12.1. The Morgan fingerprint density at radius 3 is 2.31 bits per heavy atom. The molecule has 16 heavy (non-hydrogen) atoms. The minimum Gasteiger partial charge on any atom is -0.491 e. The molecular weight excluding hydrogens is 408 g/mol. The normalized spacial score (nSPS) is 10.0. The van der Waals surface area contributed by atoms with E-state index >= 15 is 0 Å². The lowest BCUT2D eigenvalue weighted by atomic mass is 10.3. The molecule has 1 aromatic rings. The molecule has 0 saturated carbocycles. The fourth-order valence-corrected chi connectivity index (χ4v) is 3.49. The van der Waals surface area contributed by atoms with E-state index in [2.05, 4.69) is 52.5 Å². The van der Waals surface area contributed by atoms with Crippen molar-refractivity contribution in [3.05, 3.63) is 25.6 Å². The van der Waals surface area contributed by atoms with Gasteiger partial charge in [0, 0.05) is 4.47 Å². The van der Waals surface area contributed by atoms with Crippen molar-refractivity contribution < 1.29 is 14.3 Å². The number of methoxy groups -OCH3 is 1. The van der Waals surface area contributed by atoms with Gasteiger partial charge in [-0.2, -0.15) is 0 Å². The lowest BCUT2D eigenvalue weighted by Gasteiger charge is -2.10. The molecule has 1 rings (SSSR count). The van der Waals surface area contributed by atoms with Crippen molar-refractivity contribution in [1.82, 2.24) is 0 Å². The van der Waals surface area contributed by atoms with Crippen molar-refractivity contribution in [3.8, 4) is 5.75 Å². The minimum atomic E-state index is -0.288. The van der Waals surface area contributed by atoms with Crippen LogP contribution in [0.3, 0.4) is 0 Å². The van der Waals surface area contributed by atoms with Gasteiger partial charge in [0.15, 0.2) is 0 Å². The first-order chi connectivity index (χ1) is 7.54. The molecule has 3 nitrogen and oxygen atoms in total. The zero-order valence-corrected chi connectivity index (χ0v) is 13.2. The average molecular weight is 417 g/mol. The molecule has 88 valence electrons. The number of hydrogen-bond donors (Lipinski definition) is 0. The van der Waals surface area contributed by atoms with Crippen LogP contribution in [0.4, 0.5) is 0 Å². The largest absolute Gasteiger partial charge is 0.491 e. The molecule has 0 saturated heterocycles. The molecule has 0 unspecified atom stereocenters. The number of rotatable bonds is 4. The third kappa shape index (κ3) is 4.07. The van der Waals surface area contributed by atoms with Crippen LogP contribution in [0.25, 0.3) is 0 Å². The van der Waals surface area contributed by atoms with Crippen molar-refractivity contribution >= 4 is 53.8 Å². The lowest BCUT2D eigenvalue weighted by molar-refractivity contribution is -0.141. The predicted octanol–water partition coefficient (Wildman–Crippen LogP) is 3.92. The first-order valence-electron chi connectivity index (χ1n) is 4.38. The van der Waals surface area contributed by atoms with Gasteiger partial charge in [-0.05, 0) is 44.0 Å². The summed E-state index contributed by atoms with van der Waals surface area (Å²) >= 11 is 10.1. The third-order valence-corrected chi connectivity index (χ3v) is 3.38. The Morgan fingerprint density at radius 1 is 1.25 bits per heavy atom. The van der Waals surface area contributed by atoms with Crippen molar-refractivity contribution in [1.29, 1.82) is 0 Å². The first kappa shape index (κ1) is 14.0. The second-order valence-electron chi connectivity index (χ2n) is 2.87. The standard InChI is InChI=1S/C10H9Br3O3/c1-15-9(14)2-3-16-10-7(12)4-6(11)5-8(10)13/h4-5H,2-3H2,1H3. The Labute approximate surface area is 119 Å². The Balaban J connectivity index is 2.64. The minimum absolute atomic E-state index is 0.228. The van der Waals surface area contributed by atoms with Crippen molar-refractivity contribution in [2.24, 2.45) is 0 Å². The van der Waals surface area contributed by atoms with E-state index in [1.165, 1.54) is 7.11 Å². The fourth-order valence-electron chi connectivity index (χ4n) is 1.01. The average Bonchev–Trinajstić information content (AvgIpc) is 2.21. The van der Waals surface area contributed by atoms with Crippen LogP contribution in [0, 0.1) is 0 Å². The molecule has 0 aromatic heterocycles. The maximum Gasteiger partial charge on any atom is 0.308 e. The summed E-state index contributed by atoms with van der Waals surface area (Å²) < 4.78 is 12.6. The summed E-state index contributed by atoms with van der Waals surface area (Å²) in [5.74, 6) is 0.386. The summed E-state index contributed by atoms with van der Waals surface area (Å²) in [7, 11) is 1.35. The topological polar surface area (TPSA) is 35.5 Å². The van der Waals surface area contributed by atoms with Gasteiger partial charge in [-0.15, -0.1) is 0 Å². The summed E-state index contributed by atoms with van der Waals surface area (Å²) in [5.41, 5.74) is 0. The van der Waals surface area contributed by atoms with Gasteiger partial charge in [0.1, 0.15) is 5.75 Å². The summed E-state index contributed by atoms with van der Waals surface area (Å²) in [5, 5.41) is 0. The van der Waals surface area contributed by atoms with Crippen molar-refractivity contribution in [2.45, 2.75) is 6.42 Å². The van der Waals surface area contributed by atoms with Gasteiger partial charge in [0.25, 0.3) is 0 Å². The van der Waals surface area contributed by atoms with Crippen LogP contribution in [0.15, 0.2) is 25.6 Å². The van der Waals surface area contributed by atoms with Crippen LogP contribution in [-0.4, -0.2) is 19.7 Å². The number of halogens is 3.